The van der Waals surface area contributed by atoms with E-state index in [0.29, 0.717) is 24.5 Å². The van der Waals surface area contributed by atoms with E-state index in [1.807, 2.05) is 67.7 Å². The van der Waals surface area contributed by atoms with Crippen LogP contribution in [0.5, 0.6) is 11.5 Å². The van der Waals surface area contributed by atoms with Crippen molar-refractivity contribution in [3.05, 3.63) is 82.9 Å². The monoisotopic (exact) mass is 515 g/mol. The van der Waals surface area contributed by atoms with Crippen LogP contribution in [0.1, 0.15) is 36.5 Å². The van der Waals surface area contributed by atoms with Crippen LogP contribution in [0.25, 0.3) is 22.0 Å². The van der Waals surface area contributed by atoms with Gasteiger partial charge in [0.2, 0.25) is 6.79 Å². The van der Waals surface area contributed by atoms with Gasteiger partial charge in [0.05, 0.1) is 11.1 Å². The minimum atomic E-state index is -0.0185. The number of rotatable bonds is 8. The van der Waals surface area contributed by atoms with E-state index in [1.54, 1.807) is 4.90 Å². The first-order valence-corrected chi connectivity index (χ1v) is 13.0. The highest BCUT2D eigenvalue weighted by Gasteiger charge is 2.19. The average Bonchev–Trinajstić information content (AvgIpc) is 3.29. The van der Waals surface area contributed by atoms with Gasteiger partial charge in [-0.05, 0) is 59.5 Å². The number of benzene rings is 2. The van der Waals surface area contributed by atoms with Crippen molar-refractivity contribution in [1.82, 2.24) is 9.88 Å². The molecule has 37 heavy (non-hydrogen) atoms. The highest BCUT2D eigenvalue weighted by Crippen LogP contribution is 2.37. The molecule has 0 unspecified atom stereocenters. The molecule has 3 aromatic rings. The SMILES string of the molecule is CCCCN(C)C(=O)c1cc(NCC2=CC=C(Cl)CC=C2)nc2ccc(-c3ccc4c(c3)OCO4)cc12. The van der Waals surface area contributed by atoms with Gasteiger partial charge in [-0.3, -0.25) is 4.79 Å². The number of allylic oxidation sites excluding steroid dienone is 4. The summed E-state index contributed by atoms with van der Waals surface area (Å²) in [5.41, 5.74) is 4.45. The van der Waals surface area contributed by atoms with Gasteiger partial charge < -0.3 is 19.7 Å². The van der Waals surface area contributed by atoms with E-state index in [1.165, 1.54) is 0 Å². The van der Waals surface area contributed by atoms with Gasteiger partial charge in [-0.2, -0.15) is 0 Å². The number of fused-ring (bicyclic) bond motifs is 2. The normalized spacial score (nSPS) is 14.2. The number of unbranched alkanes of at least 4 members (excludes halogenated alkanes) is 1. The zero-order valence-electron chi connectivity index (χ0n) is 21.1. The van der Waals surface area contributed by atoms with Crippen LogP contribution in [0.15, 0.2) is 77.4 Å². The molecule has 0 saturated heterocycles. The molecule has 1 amide bonds. The standard InChI is InChI=1S/C30H30ClN3O3/c1-3-4-14-34(2)30(35)25-17-29(32-18-20-6-5-7-23(31)11-8-20)33-26-12-9-21(15-24(25)26)22-10-13-27-28(16-22)37-19-36-27/h5-6,8-13,15-17H,3-4,7,14,18-19H2,1-2H3,(H,32,33). The lowest BCUT2D eigenvalue weighted by molar-refractivity contribution is 0.0795. The first-order chi connectivity index (χ1) is 18.0. The van der Waals surface area contributed by atoms with Crippen LogP contribution in [0.4, 0.5) is 5.82 Å². The minimum absolute atomic E-state index is 0.0185. The number of amides is 1. The number of pyridine rings is 1. The summed E-state index contributed by atoms with van der Waals surface area (Å²) >= 11 is 6.15. The Balaban J connectivity index is 1.51. The summed E-state index contributed by atoms with van der Waals surface area (Å²) in [7, 11) is 1.86. The lowest BCUT2D eigenvalue weighted by atomic mass is 9.99. The van der Waals surface area contributed by atoms with E-state index in [4.69, 9.17) is 26.1 Å². The van der Waals surface area contributed by atoms with Crippen molar-refractivity contribution in [3.8, 4) is 22.6 Å². The Morgan fingerprint density at radius 1 is 1.08 bits per heavy atom. The van der Waals surface area contributed by atoms with Gasteiger partial charge in [0.25, 0.3) is 5.91 Å². The van der Waals surface area contributed by atoms with Gasteiger partial charge in [-0.1, -0.05) is 55.3 Å². The van der Waals surface area contributed by atoms with Crippen LogP contribution in [0, 0.1) is 0 Å². The molecule has 5 rings (SSSR count). The van der Waals surface area contributed by atoms with E-state index < -0.39 is 0 Å². The van der Waals surface area contributed by atoms with Crippen LogP contribution >= 0.6 is 11.6 Å². The maximum atomic E-state index is 13.6. The number of ether oxygens (including phenoxy) is 2. The molecule has 6 nitrogen and oxygen atoms in total. The number of halogens is 1. The van der Waals surface area contributed by atoms with Crippen molar-refractivity contribution in [2.24, 2.45) is 0 Å². The summed E-state index contributed by atoms with van der Waals surface area (Å²) < 4.78 is 11.0. The van der Waals surface area contributed by atoms with E-state index in [2.05, 4.69) is 18.3 Å². The zero-order chi connectivity index (χ0) is 25.8. The molecule has 1 aliphatic heterocycles. The van der Waals surface area contributed by atoms with Gasteiger partial charge >= 0.3 is 0 Å². The lowest BCUT2D eigenvalue weighted by Gasteiger charge is -2.19. The summed E-state index contributed by atoms with van der Waals surface area (Å²) in [6, 6.07) is 13.8. The molecular weight excluding hydrogens is 486 g/mol. The highest BCUT2D eigenvalue weighted by atomic mass is 35.5. The van der Waals surface area contributed by atoms with Crippen LogP contribution in [0.2, 0.25) is 0 Å². The molecule has 0 radical (unpaired) electrons. The number of nitrogens with zero attached hydrogens (tertiary/aromatic N) is 2. The second-order valence-corrected chi connectivity index (χ2v) is 9.74. The largest absolute Gasteiger partial charge is 0.454 e. The smallest absolute Gasteiger partial charge is 0.254 e. The Bertz CT molecular complexity index is 1430. The summed E-state index contributed by atoms with van der Waals surface area (Å²) in [5, 5.41) is 5.02. The molecule has 7 heteroatoms. The maximum absolute atomic E-state index is 13.6. The highest BCUT2D eigenvalue weighted by molar-refractivity contribution is 6.29. The van der Waals surface area contributed by atoms with Crippen molar-refractivity contribution < 1.29 is 14.3 Å². The average molecular weight is 516 g/mol. The summed E-state index contributed by atoms with van der Waals surface area (Å²) in [5.74, 6) is 2.11. The van der Waals surface area contributed by atoms with Crippen LogP contribution < -0.4 is 14.8 Å². The fourth-order valence-electron chi connectivity index (χ4n) is 4.41. The zero-order valence-corrected chi connectivity index (χ0v) is 21.8. The van der Waals surface area contributed by atoms with Crippen molar-refractivity contribution in [1.29, 1.82) is 0 Å². The van der Waals surface area contributed by atoms with Gasteiger partial charge in [0.1, 0.15) is 5.82 Å². The molecule has 2 heterocycles. The number of hydrogen-bond donors (Lipinski definition) is 1. The molecular formula is C30H30ClN3O3. The first kappa shape index (κ1) is 24.9. The maximum Gasteiger partial charge on any atom is 0.254 e. The Hall–Kier alpha value is -3.77. The predicted octanol–water partition coefficient (Wildman–Crippen LogP) is 6.92. The van der Waals surface area contributed by atoms with Gasteiger partial charge in [-0.15, -0.1) is 0 Å². The summed E-state index contributed by atoms with van der Waals surface area (Å²) in [6.07, 6.45) is 10.7. The quantitative estimate of drug-likeness (QED) is 0.352. The van der Waals surface area contributed by atoms with Crippen LogP contribution in [0.3, 0.4) is 0 Å². The number of anilines is 1. The van der Waals surface area contributed by atoms with Gasteiger partial charge in [0.15, 0.2) is 11.5 Å². The van der Waals surface area contributed by atoms with E-state index in [0.717, 1.165) is 63.4 Å². The molecule has 1 aliphatic carbocycles. The fraction of sp³-hybridized carbons (Fsp3) is 0.267. The second-order valence-electron chi connectivity index (χ2n) is 9.25. The number of carbonyl (C=O) groups is 1. The third-order valence-electron chi connectivity index (χ3n) is 6.54. The van der Waals surface area contributed by atoms with E-state index >= 15 is 0 Å². The number of aromatic nitrogens is 1. The predicted molar refractivity (Wildman–Crippen MR) is 149 cm³/mol. The third-order valence-corrected chi connectivity index (χ3v) is 6.82. The second kappa shape index (κ2) is 11.1. The van der Waals surface area contributed by atoms with Crippen LogP contribution in [-0.4, -0.2) is 42.7 Å². The van der Waals surface area contributed by atoms with Crippen molar-refractivity contribution in [2.75, 3.05) is 32.2 Å². The molecule has 0 saturated carbocycles. The number of carbonyl (C=O) groups excluding carboxylic acids is 1. The molecule has 0 atom stereocenters. The topological polar surface area (TPSA) is 63.7 Å². The fourth-order valence-corrected chi connectivity index (χ4v) is 4.56. The molecule has 1 N–H and O–H groups in total. The first-order valence-electron chi connectivity index (χ1n) is 12.6. The van der Waals surface area contributed by atoms with Crippen molar-refractivity contribution in [3.63, 3.8) is 0 Å². The summed E-state index contributed by atoms with van der Waals surface area (Å²) in [4.78, 5) is 20.2. The molecule has 0 spiro atoms. The Labute approximate surface area is 222 Å². The van der Waals surface area contributed by atoms with Gasteiger partial charge in [-0.25, -0.2) is 4.98 Å². The molecule has 2 aliphatic rings. The molecule has 190 valence electrons. The van der Waals surface area contributed by atoms with E-state index in [9.17, 15) is 4.79 Å². The number of nitrogens with one attached hydrogen (secondary N) is 1. The summed E-state index contributed by atoms with van der Waals surface area (Å²) in [6.45, 7) is 3.63. The van der Waals surface area contributed by atoms with Crippen molar-refractivity contribution in [2.45, 2.75) is 26.2 Å². The van der Waals surface area contributed by atoms with E-state index in [-0.39, 0.29) is 12.7 Å². The lowest BCUT2D eigenvalue weighted by Crippen LogP contribution is -2.28. The molecule has 0 fully saturated rings. The van der Waals surface area contributed by atoms with Gasteiger partial charge in [0, 0.05) is 37.0 Å². The Morgan fingerprint density at radius 3 is 2.76 bits per heavy atom. The minimum Gasteiger partial charge on any atom is -0.454 e. The Kier molecular flexibility index (Phi) is 7.47. The Morgan fingerprint density at radius 2 is 1.89 bits per heavy atom. The third kappa shape index (κ3) is 5.65. The molecule has 1 aromatic heterocycles. The number of hydrogen-bond acceptors (Lipinski definition) is 5. The molecule has 0 bridgehead atoms. The van der Waals surface area contributed by atoms with Crippen molar-refractivity contribution >= 4 is 34.2 Å². The van der Waals surface area contributed by atoms with Crippen LogP contribution in [-0.2, 0) is 0 Å². The molecule has 2 aromatic carbocycles.